The topological polar surface area (TPSA) is 69.0 Å². The van der Waals surface area contributed by atoms with Gasteiger partial charge in [-0.05, 0) is 29.8 Å². The van der Waals surface area contributed by atoms with Gasteiger partial charge in [0.25, 0.3) is 5.56 Å². The van der Waals surface area contributed by atoms with Gasteiger partial charge in [-0.25, -0.2) is 4.79 Å². The fraction of sp³-hybridized carbons (Fsp3) is 0.222. The molecular weight excluding hydrogens is 290 g/mol. The van der Waals surface area contributed by atoms with Gasteiger partial charge < -0.3 is 9.88 Å². The highest BCUT2D eigenvalue weighted by molar-refractivity contribution is 5.82. The predicted octanol–water partition coefficient (Wildman–Crippen LogP) is 1.79. The molecule has 1 aliphatic heterocycles. The Bertz CT molecular complexity index is 989. The average molecular weight is 307 g/mol. The van der Waals surface area contributed by atoms with Crippen molar-refractivity contribution in [3.05, 3.63) is 80.0 Å². The van der Waals surface area contributed by atoms with Crippen LogP contribution < -0.4 is 11.2 Å². The lowest BCUT2D eigenvalue weighted by atomic mass is 9.84. The number of likely N-dealkylation sites (N-methyl/N-ethyl adjacent to an activating group) is 1. The SMILES string of the molecule is CN1Cc2c(ccc3c(=O)[nH]c(=O)[nH]c23)C(c2ccccc2)C1. The smallest absolute Gasteiger partial charge is 0.307 e. The van der Waals surface area contributed by atoms with E-state index in [2.05, 4.69) is 34.0 Å². The summed E-state index contributed by atoms with van der Waals surface area (Å²) in [5.74, 6) is 0.233. The lowest BCUT2D eigenvalue weighted by Crippen LogP contribution is -2.32. The lowest BCUT2D eigenvalue weighted by Gasteiger charge is -2.33. The summed E-state index contributed by atoms with van der Waals surface area (Å²) in [5.41, 5.74) is 3.32. The van der Waals surface area contributed by atoms with Gasteiger partial charge in [0.15, 0.2) is 0 Å². The largest absolute Gasteiger partial charge is 0.326 e. The van der Waals surface area contributed by atoms with Crippen molar-refractivity contribution in [3.8, 4) is 0 Å². The van der Waals surface area contributed by atoms with Crippen molar-refractivity contribution in [2.75, 3.05) is 13.6 Å². The summed E-state index contributed by atoms with van der Waals surface area (Å²) in [6.07, 6.45) is 0. The van der Waals surface area contributed by atoms with Gasteiger partial charge in [-0.1, -0.05) is 36.4 Å². The van der Waals surface area contributed by atoms with Gasteiger partial charge in [0.2, 0.25) is 0 Å². The van der Waals surface area contributed by atoms with E-state index in [0.29, 0.717) is 10.9 Å². The molecule has 0 aliphatic carbocycles. The van der Waals surface area contributed by atoms with Crippen LogP contribution in [0.4, 0.5) is 0 Å². The van der Waals surface area contributed by atoms with Gasteiger partial charge in [-0.15, -0.1) is 0 Å². The Kier molecular flexibility index (Phi) is 3.16. The third-order valence-corrected chi connectivity index (χ3v) is 4.56. The van der Waals surface area contributed by atoms with E-state index >= 15 is 0 Å². The molecule has 0 fully saturated rings. The highest BCUT2D eigenvalue weighted by Gasteiger charge is 2.26. The fourth-order valence-corrected chi connectivity index (χ4v) is 3.52. The van der Waals surface area contributed by atoms with Crippen LogP contribution in [0.2, 0.25) is 0 Å². The second-order valence-corrected chi connectivity index (χ2v) is 6.12. The third-order valence-electron chi connectivity index (χ3n) is 4.56. The van der Waals surface area contributed by atoms with Crippen molar-refractivity contribution in [3.63, 3.8) is 0 Å². The van der Waals surface area contributed by atoms with Crippen molar-refractivity contribution in [1.29, 1.82) is 0 Å². The summed E-state index contributed by atoms with van der Waals surface area (Å²) in [6.45, 7) is 1.63. The zero-order valence-corrected chi connectivity index (χ0v) is 12.8. The van der Waals surface area contributed by atoms with Crippen molar-refractivity contribution in [1.82, 2.24) is 14.9 Å². The Hall–Kier alpha value is -2.66. The summed E-state index contributed by atoms with van der Waals surface area (Å²) >= 11 is 0. The molecule has 116 valence electrons. The summed E-state index contributed by atoms with van der Waals surface area (Å²) in [5, 5.41) is 0.533. The molecule has 0 saturated carbocycles. The molecule has 2 N–H and O–H groups in total. The number of H-pyrrole nitrogens is 2. The standard InChI is InChI=1S/C18H17N3O2/c1-21-9-14(11-5-3-2-4-6-11)12-7-8-13-16(15(12)10-21)19-18(23)20-17(13)22/h2-8,14H,9-10H2,1H3,(H2,19,20,22,23). The normalized spacial score (nSPS) is 18.0. The summed E-state index contributed by atoms with van der Waals surface area (Å²) < 4.78 is 0. The van der Waals surface area contributed by atoms with Crippen LogP contribution in [-0.4, -0.2) is 28.5 Å². The molecule has 0 radical (unpaired) electrons. The van der Waals surface area contributed by atoms with E-state index in [-0.39, 0.29) is 11.5 Å². The van der Waals surface area contributed by atoms with Crippen molar-refractivity contribution >= 4 is 10.9 Å². The van der Waals surface area contributed by atoms with Crippen LogP contribution in [0.25, 0.3) is 10.9 Å². The van der Waals surface area contributed by atoms with E-state index in [1.807, 2.05) is 30.3 Å². The maximum Gasteiger partial charge on any atom is 0.326 e. The first kappa shape index (κ1) is 14.0. The monoisotopic (exact) mass is 307 g/mol. The summed E-state index contributed by atoms with van der Waals surface area (Å²) in [6, 6.07) is 14.2. The number of aromatic amines is 2. The van der Waals surface area contributed by atoms with E-state index in [0.717, 1.165) is 18.7 Å². The van der Waals surface area contributed by atoms with Gasteiger partial charge >= 0.3 is 5.69 Å². The molecule has 1 aliphatic rings. The Morgan fingerprint density at radius 3 is 2.61 bits per heavy atom. The van der Waals surface area contributed by atoms with Gasteiger partial charge in [0, 0.05) is 19.0 Å². The molecule has 5 heteroatoms. The lowest BCUT2D eigenvalue weighted by molar-refractivity contribution is 0.296. The number of benzene rings is 2. The number of hydrogen-bond donors (Lipinski definition) is 2. The summed E-state index contributed by atoms with van der Waals surface area (Å²) in [7, 11) is 2.06. The van der Waals surface area contributed by atoms with E-state index in [1.165, 1.54) is 11.1 Å². The van der Waals surface area contributed by atoms with E-state index in [9.17, 15) is 9.59 Å². The molecule has 3 aromatic rings. The number of hydrogen-bond acceptors (Lipinski definition) is 3. The minimum absolute atomic E-state index is 0.233. The fourth-order valence-electron chi connectivity index (χ4n) is 3.52. The molecule has 5 nitrogen and oxygen atoms in total. The highest BCUT2D eigenvalue weighted by Crippen LogP contribution is 2.35. The van der Waals surface area contributed by atoms with Crippen LogP contribution in [0.5, 0.6) is 0 Å². The van der Waals surface area contributed by atoms with Crippen LogP contribution in [0.3, 0.4) is 0 Å². The Labute approximate surface area is 132 Å². The molecule has 23 heavy (non-hydrogen) atoms. The zero-order valence-electron chi connectivity index (χ0n) is 12.8. The minimum Gasteiger partial charge on any atom is -0.307 e. The molecule has 0 amide bonds. The number of nitrogens with zero attached hydrogens (tertiary/aromatic N) is 1. The van der Waals surface area contributed by atoms with Crippen LogP contribution in [0, 0.1) is 0 Å². The van der Waals surface area contributed by atoms with E-state index in [4.69, 9.17) is 0 Å². The van der Waals surface area contributed by atoms with E-state index in [1.54, 1.807) is 0 Å². The molecule has 2 heterocycles. The van der Waals surface area contributed by atoms with Crippen molar-refractivity contribution in [2.45, 2.75) is 12.5 Å². The maximum atomic E-state index is 12.0. The molecule has 0 spiro atoms. The molecular formula is C18H17N3O2. The molecule has 1 aromatic heterocycles. The third kappa shape index (κ3) is 2.29. The molecule has 1 unspecified atom stereocenters. The number of aromatic nitrogens is 2. The van der Waals surface area contributed by atoms with Crippen molar-refractivity contribution < 1.29 is 0 Å². The molecule has 0 saturated heterocycles. The second-order valence-electron chi connectivity index (χ2n) is 6.12. The van der Waals surface area contributed by atoms with Gasteiger partial charge in [0.05, 0.1) is 10.9 Å². The number of rotatable bonds is 1. The Morgan fingerprint density at radius 1 is 1.04 bits per heavy atom. The predicted molar refractivity (Wildman–Crippen MR) is 89.8 cm³/mol. The first-order valence-corrected chi connectivity index (χ1v) is 7.65. The van der Waals surface area contributed by atoms with Gasteiger partial charge in [0.1, 0.15) is 0 Å². The first-order chi connectivity index (χ1) is 11.1. The second kappa shape index (κ2) is 5.21. The van der Waals surface area contributed by atoms with E-state index < -0.39 is 5.69 Å². The maximum absolute atomic E-state index is 12.0. The quantitative estimate of drug-likeness (QED) is 0.720. The molecule has 2 aromatic carbocycles. The Morgan fingerprint density at radius 2 is 1.83 bits per heavy atom. The zero-order chi connectivity index (χ0) is 16.0. The molecule has 0 bridgehead atoms. The number of fused-ring (bicyclic) bond motifs is 3. The van der Waals surface area contributed by atoms with Crippen LogP contribution in [-0.2, 0) is 6.54 Å². The highest BCUT2D eigenvalue weighted by atomic mass is 16.2. The molecule has 1 atom stereocenters. The minimum atomic E-state index is -0.458. The van der Waals surface area contributed by atoms with Gasteiger partial charge in [-0.3, -0.25) is 9.78 Å². The summed E-state index contributed by atoms with van der Waals surface area (Å²) in [4.78, 5) is 31.1. The van der Waals surface area contributed by atoms with Crippen LogP contribution in [0.1, 0.15) is 22.6 Å². The van der Waals surface area contributed by atoms with Crippen LogP contribution in [0.15, 0.2) is 52.1 Å². The van der Waals surface area contributed by atoms with Crippen LogP contribution >= 0.6 is 0 Å². The van der Waals surface area contributed by atoms with Crippen molar-refractivity contribution in [2.24, 2.45) is 0 Å². The average Bonchev–Trinajstić information content (AvgIpc) is 2.55. The number of nitrogens with one attached hydrogen (secondary N) is 2. The van der Waals surface area contributed by atoms with Gasteiger partial charge in [-0.2, -0.15) is 0 Å². The first-order valence-electron chi connectivity index (χ1n) is 7.65. The molecule has 4 rings (SSSR count). The Balaban J connectivity index is 2.01.